The third kappa shape index (κ3) is 2.90. The van der Waals surface area contributed by atoms with E-state index in [9.17, 15) is 9.90 Å². The number of hydrogen-bond acceptors (Lipinski definition) is 3. The minimum Gasteiger partial charge on any atom is -0.493 e. The van der Waals surface area contributed by atoms with Crippen molar-refractivity contribution in [3.8, 4) is 5.88 Å². The van der Waals surface area contributed by atoms with E-state index in [0.717, 1.165) is 15.4 Å². The van der Waals surface area contributed by atoms with Crippen LogP contribution in [0, 0.1) is 0 Å². The highest BCUT2D eigenvalue weighted by Crippen LogP contribution is 2.40. The molecule has 0 aliphatic heterocycles. The van der Waals surface area contributed by atoms with Crippen molar-refractivity contribution in [1.29, 1.82) is 0 Å². The zero-order valence-electron chi connectivity index (χ0n) is 12.4. The van der Waals surface area contributed by atoms with E-state index >= 15 is 0 Å². The second-order valence-electron chi connectivity index (χ2n) is 4.95. The minimum atomic E-state index is -0.447. The summed E-state index contributed by atoms with van der Waals surface area (Å²) in [7, 11) is 0. The molecule has 1 N–H and O–H groups in total. The number of aromatic nitrogens is 1. The van der Waals surface area contributed by atoms with Crippen molar-refractivity contribution >= 4 is 38.4 Å². The van der Waals surface area contributed by atoms with Gasteiger partial charge in [-0.1, -0.05) is 34.1 Å². The number of carbonyl (C=O) groups excluding carboxylic acids is 1. The Morgan fingerprint density at radius 2 is 1.96 bits per heavy atom. The Morgan fingerprint density at radius 3 is 2.65 bits per heavy atom. The molecule has 0 fully saturated rings. The van der Waals surface area contributed by atoms with Crippen LogP contribution < -0.4 is 0 Å². The largest absolute Gasteiger partial charge is 0.493 e. The molecule has 0 bridgehead atoms. The Kier molecular flexibility index (Phi) is 4.25. The number of aromatic hydroxyl groups is 1. The number of amides is 1. The lowest BCUT2D eigenvalue weighted by Crippen LogP contribution is -1.92. The van der Waals surface area contributed by atoms with E-state index in [1.165, 1.54) is 0 Å². The number of fused-ring (bicyclic) bond motifs is 1. The summed E-state index contributed by atoms with van der Waals surface area (Å²) in [5.74, 6) is -0.442. The monoisotopic (exact) mass is 371 g/mol. The molecule has 23 heavy (non-hydrogen) atoms. The van der Waals surface area contributed by atoms with Gasteiger partial charge in [0.1, 0.15) is 0 Å². The predicted octanol–water partition coefficient (Wildman–Crippen LogP) is 5.05. The van der Waals surface area contributed by atoms with Crippen LogP contribution in [0.5, 0.6) is 5.88 Å². The molecule has 0 aliphatic carbocycles. The quantitative estimate of drug-likeness (QED) is 0.654. The Morgan fingerprint density at radius 1 is 1.22 bits per heavy atom. The fourth-order valence-corrected chi connectivity index (χ4v) is 2.81. The van der Waals surface area contributed by atoms with E-state index in [1.807, 2.05) is 31.2 Å². The maximum atomic E-state index is 12.1. The van der Waals surface area contributed by atoms with Gasteiger partial charge in [0.15, 0.2) is 5.69 Å². The smallest absolute Gasteiger partial charge is 0.295 e. The molecule has 2 aromatic carbocycles. The standard InChI is InChI=1S/C17H14BrN3O2/c1-2-21-14-9-8-12(18)10-13(14)15(17(21)23)19-20-16(22)11-6-4-3-5-7-11/h3-10,23H,2H2,1H3. The summed E-state index contributed by atoms with van der Waals surface area (Å²) in [6.45, 7) is 2.52. The highest BCUT2D eigenvalue weighted by molar-refractivity contribution is 9.10. The van der Waals surface area contributed by atoms with Gasteiger partial charge in [0.25, 0.3) is 5.91 Å². The highest BCUT2D eigenvalue weighted by atomic mass is 79.9. The summed E-state index contributed by atoms with van der Waals surface area (Å²) in [6, 6.07) is 14.3. The molecule has 1 heterocycles. The lowest BCUT2D eigenvalue weighted by atomic mass is 10.2. The number of halogens is 1. The molecule has 3 aromatic rings. The Hall–Kier alpha value is -2.47. The summed E-state index contributed by atoms with van der Waals surface area (Å²) < 4.78 is 2.59. The lowest BCUT2D eigenvalue weighted by Gasteiger charge is -2.01. The Bertz CT molecular complexity index is 901. The van der Waals surface area contributed by atoms with Crippen LogP contribution in [0.4, 0.5) is 5.69 Å². The van der Waals surface area contributed by atoms with Crippen molar-refractivity contribution in [1.82, 2.24) is 4.57 Å². The second kappa shape index (κ2) is 6.34. The van der Waals surface area contributed by atoms with Crippen LogP contribution in [-0.2, 0) is 6.54 Å². The molecule has 0 aliphatic rings. The number of rotatable bonds is 3. The third-order valence-electron chi connectivity index (χ3n) is 3.55. The molecular formula is C17H14BrN3O2. The van der Waals surface area contributed by atoms with Crippen LogP contribution in [0.25, 0.3) is 10.9 Å². The van der Waals surface area contributed by atoms with E-state index in [0.29, 0.717) is 17.8 Å². The molecule has 0 saturated carbocycles. The number of azo groups is 1. The maximum Gasteiger partial charge on any atom is 0.295 e. The van der Waals surface area contributed by atoms with Crippen LogP contribution in [0.2, 0.25) is 0 Å². The molecule has 1 amide bonds. The van der Waals surface area contributed by atoms with Crippen molar-refractivity contribution in [2.45, 2.75) is 13.5 Å². The van der Waals surface area contributed by atoms with Crippen molar-refractivity contribution < 1.29 is 9.90 Å². The number of nitrogens with zero attached hydrogens (tertiary/aromatic N) is 3. The van der Waals surface area contributed by atoms with Gasteiger partial charge in [-0.2, -0.15) is 0 Å². The topological polar surface area (TPSA) is 66.9 Å². The van der Waals surface area contributed by atoms with Gasteiger partial charge in [0, 0.05) is 22.0 Å². The van der Waals surface area contributed by atoms with E-state index < -0.39 is 5.91 Å². The van der Waals surface area contributed by atoms with Gasteiger partial charge in [-0.15, -0.1) is 10.2 Å². The Balaban J connectivity index is 2.06. The molecule has 6 heteroatoms. The van der Waals surface area contributed by atoms with Crippen LogP contribution in [0.1, 0.15) is 17.3 Å². The van der Waals surface area contributed by atoms with Gasteiger partial charge >= 0.3 is 0 Å². The first-order valence-corrected chi connectivity index (χ1v) is 7.93. The van der Waals surface area contributed by atoms with Gasteiger partial charge in [0.05, 0.1) is 5.52 Å². The molecule has 0 unspecified atom stereocenters. The van der Waals surface area contributed by atoms with Gasteiger partial charge in [-0.05, 0) is 37.3 Å². The van der Waals surface area contributed by atoms with Crippen molar-refractivity contribution in [2.75, 3.05) is 0 Å². The molecular weight excluding hydrogens is 358 g/mol. The fourth-order valence-electron chi connectivity index (χ4n) is 2.45. The number of benzene rings is 2. The van der Waals surface area contributed by atoms with Crippen LogP contribution >= 0.6 is 15.9 Å². The minimum absolute atomic E-state index is 0.00483. The molecule has 1 aromatic heterocycles. The first kappa shape index (κ1) is 15.4. The van der Waals surface area contributed by atoms with Crippen molar-refractivity contribution in [3.05, 3.63) is 58.6 Å². The fraction of sp³-hybridized carbons (Fsp3) is 0.118. The Labute approximate surface area is 141 Å². The summed E-state index contributed by atoms with van der Waals surface area (Å²) in [4.78, 5) is 12.1. The van der Waals surface area contributed by atoms with E-state index in [1.54, 1.807) is 28.8 Å². The maximum absolute atomic E-state index is 12.1. The summed E-state index contributed by atoms with van der Waals surface area (Å²) >= 11 is 3.41. The van der Waals surface area contributed by atoms with Crippen LogP contribution in [0.15, 0.2) is 63.2 Å². The van der Waals surface area contributed by atoms with E-state index in [4.69, 9.17) is 0 Å². The molecule has 5 nitrogen and oxygen atoms in total. The van der Waals surface area contributed by atoms with Crippen molar-refractivity contribution in [3.63, 3.8) is 0 Å². The first-order valence-electron chi connectivity index (χ1n) is 7.13. The number of hydrogen-bond donors (Lipinski definition) is 1. The molecule has 0 saturated heterocycles. The second-order valence-corrected chi connectivity index (χ2v) is 5.86. The zero-order valence-corrected chi connectivity index (χ0v) is 14.0. The molecule has 3 rings (SSSR count). The molecule has 0 spiro atoms. The highest BCUT2D eigenvalue weighted by Gasteiger charge is 2.16. The average molecular weight is 372 g/mol. The zero-order chi connectivity index (χ0) is 16.4. The van der Waals surface area contributed by atoms with Gasteiger partial charge in [0.2, 0.25) is 5.88 Å². The van der Waals surface area contributed by atoms with Crippen molar-refractivity contribution in [2.24, 2.45) is 10.2 Å². The van der Waals surface area contributed by atoms with E-state index in [2.05, 4.69) is 26.2 Å². The molecule has 116 valence electrons. The number of aryl methyl sites for hydroxylation is 1. The lowest BCUT2D eigenvalue weighted by molar-refractivity contribution is 0.0995. The first-order chi connectivity index (χ1) is 11.1. The summed E-state index contributed by atoms with van der Waals surface area (Å²) in [6.07, 6.45) is 0. The predicted molar refractivity (Wildman–Crippen MR) is 92.3 cm³/mol. The molecule has 0 radical (unpaired) electrons. The summed E-state index contributed by atoms with van der Waals surface area (Å²) in [5.41, 5.74) is 1.60. The SMILES string of the molecule is CCn1c(O)c(N=NC(=O)c2ccccc2)c2cc(Br)ccc21. The van der Waals surface area contributed by atoms with Gasteiger partial charge in [-0.3, -0.25) is 4.79 Å². The van der Waals surface area contributed by atoms with Gasteiger partial charge in [-0.25, -0.2) is 0 Å². The van der Waals surface area contributed by atoms with Gasteiger partial charge < -0.3 is 9.67 Å². The van der Waals surface area contributed by atoms with Crippen LogP contribution in [-0.4, -0.2) is 15.6 Å². The van der Waals surface area contributed by atoms with Crippen LogP contribution in [0.3, 0.4) is 0 Å². The number of carbonyl (C=O) groups is 1. The molecule has 0 atom stereocenters. The third-order valence-corrected chi connectivity index (χ3v) is 4.04. The summed E-state index contributed by atoms with van der Waals surface area (Å²) in [5, 5.41) is 18.9. The normalized spacial score (nSPS) is 11.4. The van der Waals surface area contributed by atoms with E-state index in [-0.39, 0.29) is 5.88 Å². The average Bonchev–Trinajstić information content (AvgIpc) is 2.83.